The first-order chi connectivity index (χ1) is 32.0. The smallest absolute Gasteiger partial charge is 0.493 e. The SMILES string of the molecule is CCCCCCCCCCCC=CCCCc1ccccc1C1=C(C)C(CCCC)=C(c2ccccc2CCCC=CCCCCCCCCCCC)[N+]1=[N-].[CH2-]CCCC.[CH2-]CCCC.[Ni+2]. The zero-order valence-electron chi connectivity index (χ0n) is 44.3. The summed E-state index contributed by atoms with van der Waals surface area (Å²) in [5, 5.41) is 0. The van der Waals surface area contributed by atoms with Crippen molar-refractivity contribution < 1.29 is 21.2 Å². The molecule has 0 bridgehead atoms. The fourth-order valence-electron chi connectivity index (χ4n) is 8.85. The van der Waals surface area contributed by atoms with Crippen molar-refractivity contribution in [1.29, 1.82) is 0 Å². The molecular formula is C63H104N2Ni. The van der Waals surface area contributed by atoms with Crippen molar-refractivity contribution in [2.24, 2.45) is 0 Å². The van der Waals surface area contributed by atoms with Gasteiger partial charge in [-0.25, -0.2) is 4.70 Å². The van der Waals surface area contributed by atoms with E-state index in [9.17, 15) is 5.53 Å². The van der Waals surface area contributed by atoms with E-state index in [4.69, 9.17) is 0 Å². The number of unbranched alkanes of at least 4 members (excludes halogenated alkanes) is 25. The van der Waals surface area contributed by atoms with Crippen LogP contribution in [0.15, 0.2) is 84.0 Å². The monoisotopic (exact) mass is 947 g/mol. The summed E-state index contributed by atoms with van der Waals surface area (Å²) in [4.78, 5) is 0. The summed E-state index contributed by atoms with van der Waals surface area (Å²) < 4.78 is 1.56. The first-order valence-electron chi connectivity index (χ1n) is 27.9. The van der Waals surface area contributed by atoms with Gasteiger partial charge in [0, 0.05) is 22.3 Å². The molecule has 0 amide bonds. The molecule has 0 N–H and O–H groups in total. The molecule has 0 atom stereocenters. The third kappa shape index (κ3) is 29.4. The number of benzene rings is 2. The number of rotatable bonds is 37. The third-order valence-corrected chi connectivity index (χ3v) is 13.0. The molecule has 1 aliphatic heterocycles. The number of allylic oxidation sites excluding steroid dienone is 6. The van der Waals surface area contributed by atoms with Gasteiger partial charge in [-0.05, 0) is 107 Å². The largest absolute Gasteiger partial charge is 2.00 e. The second-order valence-electron chi connectivity index (χ2n) is 18.9. The van der Waals surface area contributed by atoms with Crippen LogP contribution in [0.25, 0.3) is 16.9 Å². The molecule has 66 heavy (non-hydrogen) atoms. The van der Waals surface area contributed by atoms with E-state index in [1.54, 1.807) is 4.70 Å². The molecule has 1 heterocycles. The normalized spacial score (nSPS) is 12.5. The molecule has 2 aromatic rings. The van der Waals surface area contributed by atoms with Crippen molar-refractivity contribution in [1.82, 2.24) is 0 Å². The van der Waals surface area contributed by atoms with Gasteiger partial charge in [0.15, 0.2) is 0 Å². The molecule has 0 saturated carbocycles. The van der Waals surface area contributed by atoms with Crippen LogP contribution in [0, 0.1) is 13.8 Å². The summed E-state index contributed by atoms with van der Waals surface area (Å²) in [6.45, 7) is 20.8. The van der Waals surface area contributed by atoms with Gasteiger partial charge in [0.2, 0.25) is 11.4 Å². The van der Waals surface area contributed by atoms with E-state index in [2.05, 4.69) is 128 Å². The predicted octanol–water partition coefficient (Wildman–Crippen LogP) is 21.7. The molecule has 2 aromatic carbocycles. The predicted molar refractivity (Wildman–Crippen MR) is 293 cm³/mol. The second kappa shape index (κ2) is 46.2. The second-order valence-corrected chi connectivity index (χ2v) is 18.9. The van der Waals surface area contributed by atoms with Crippen LogP contribution in [0.3, 0.4) is 0 Å². The molecule has 0 fully saturated rings. The molecule has 376 valence electrons. The summed E-state index contributed by atoms with van der Waals surface area (Å²) in [6, 6.07) is 17.6. The van der Waals surface area contributed by atoms with Crippen molar-refractivity contribution in [2.45, 2.75) is 266 Å². The van der Waals surface area contributed by atoms with E-state index in [-0.39, 0.29) is 16.5 Å². The van der Waals surface area contributed by atoms with Crippen LogP contribution in [0.2, 0.25) is 0 Å². The standard InChI is InChI=1S/C53H82N2.2C5H11.Ni/c1-5-8-11-13-15-17-19-21-23-25-27-29-31-33-39-47-41-35-37-44-50(47)52-46(4)49(43-10-7-3)53(55(52)54)51-45-38-36-42-48(51)40-34-32-30-28-26-24-22-20-18-16-14-12-9-6-2;2*1-3-5-4-2;/h27-30,35-38,41-42,44-45H,5-26,31-34,39-40,43H2,1-4H3;2*1,3-5H2,2H3;/q;2*-1;+2. The van der Waals surface area contributed by atoms with Gasteiger partial charge >= 0.3 is 16.5 Å². The van der Waals surface area contributed by atoms with E-state index in [1.807, 2.05) is 0 Å². The summed E-state index contributed by atoms with van der Waals surface area (Å²) in [5.41, 5.74) is 21.7. The van der Waals surface area contributed by atoms with Gasteiger partial charge in [-0.3, -0.25) is 0 Å². The molecule has 3 rings (SSSR count). The van der Waals surface area contributed by atoms with E-state index in [1.165, 1.54) is 187 Å². The minimum Gasteiger partial charge on any atom is -0.493 e. The minimum absolute atomic E-state index is 0. The van der Waals surface area contributed by atoms with Crippen LogP contribution in [-0.4, -0.2) is 4.70 Å². The maximum atomic E-state index is 12.1. The van der Waals surface area contributed by atoms with Gasteiger partial charge < -0.3 is 19.4 Å². The average Bonchev–Trinajstić information content (AvgIpc) is 3.56. The number of hydrogen-bond donors (Lipinski definition) is 0. The van der Waals surface area contributed by atoms with Gasteiger partial charge in [0.05, 0.1) is 0 Å². The Labute approximate surface area is 422 Å². The minimum atomic E-state index is 0. The third-order valence-electron chi connectivity index (χ3n) is 13.0. The number of nitrogens with zero attached hydrogens (tertiary/aromatic N) is 2. The van der Waals surface area contributed by atoms with Crippen molar-refractivity contribution in [2.75, 3.05) is 0 Å². The van der Waals surface area contributed by atoms with Crippen molar-refractivity contribution in [3.8, 4) is 0 Å². The molecule has 0 saturated heterocycles. The Hall–Kier alpha value is -2.51. The summed E-state index contributed by atoms with van der Waals surface area (Å²) in [5.74, 6) is 0. The number of aryl methyl sites for hydroxylation is 2. The maximum absolute atomic E-state index is 12.1. The molecule has 0 unspecified atom stereocenters. The summed E-state index contributed by atoms with van der Waals surface area (Å²) in [7, 11) is 0. The topological polar surface area (TPSA) is 25.3 Å². The quantitative estimate of drug-likeness (QED) is 0.0212. The molecule has 0 radical (unpaired) electrons. The van der Waals surface area contributed by atoms with Gasteiger partial charge in [-0.2, -0.15) is 12.8 Å². The van der Waals surface area contributed by atoms with Gasteiger partial charge in [0.25, 0.3) is 0 Å². The van der Waals surface area contributed by atoms with Gasteiger partial charge in [-0.1, -0.05) is 230 Å². The molecule has 0 spiro atoms. The van der Waals surface area contributed by atoms with E-state index in [0.717, 1.165) is 82.0 Å². The molecule has 0 aromatic heterocycles. The summed E-state index contributed by atoms with van der Waals surface area (Å²) >= 11 is 0. The van der Waals surface area contributed by atoms with Crippen molar-refractivity contribution in [3.05, 3.63) is 126 Å². The van der Waals surface area contributed by atoms with Crippen LogP contribution in [0.5, 0.6) is 0 Å². The fraction of sp³-hybridized carbons (Fsp3) is 0.651. The van der Waals surface area contributed by atoms with Crippen LogP contribution in [0.1, 0.15) is 276 Å². The Kier molecular flexibility index (Phi) is 44.5. The van der Waals surface area contributed by atoms with Gasteiger partial charge in [0.1, 0.15) is 0 Å². The van der Waals surface area contributed by atoms with Crippen LogP contribution >= 0.6 is 0 Å². The summed E-state index contributed by atoms with van der Waals surface area (Å²) in [6.07, 6.45) is 54.1. The Morgan fingerprint density at radius 1 is 0.409 bits per heavy atom. The van der Waals surface area contributed by atoms with E-state index in [0.29, 0.717) is 0 Å². The molecule has 0 aliphatic carbocycles. The van der Waals surface area contributed by atoms with Crippen molar-refractivity contribution >= 4 is 11.4 Å². The van der Waals surface area contributed by atoms with Gasteiger partial charge in [-0.15, -0.1) is 0 Å². The Balaban J connectivity index is 0.00000345. The fourth-order valence-corrected chi connectivity index (χ4v) is 8.85. The zero-order valence-corrected chi connectivity index (χ0v) is 45.3. The Morgan fingerprint density at radius 2 is 0.742 bits per heavy atom. The first-order valence-corrected chi connectivity index (χ1v) is 27.9. The van der Waals surface area contributed by atoms with Crippen LogP contribution in [0.4, 0.5) is 0 Å². The zero-order chi connectivity index (χ0) is 47.4. The van der Waals surface area contributed by atoms with Crippen LogP contribution in [-0.2, 0) is 29.3 Å². The molecule has 2 nitrogen and oxygen atoms in total. The Bertz CT molecular complexity index is 1550. The van der Waals surface area contributed by atoms with E-state index >= 15 is 0 Å². The molecule has 1 aliphatic rings. The maximum Gasteiger partial charge on any atom is 2.00 e. The number of hydrogen-bond acceptors (Lipinski definition) is 0. The average molecular weight is 948 g/mol. The van der Waals surface area contributed by atoms with E-state index < -0.39 is 0 Å². The molecule has 3 heteroatoms. The first kappa shape index (κ1) is 63.5. The van der Waals surface area contributed by atoms with Crippen LogP contribution < -0.4 is 0 Å². The Morgan fingerprint density at radius 3 is 1.11 bits per heavy atom. The molecular weight excluding hydrogens is 843 g/mol. The van der Waals surface area contributed by atoms with Crippen molar-refractivity contribution in [3.63, 3.8) is 0 Å².